The molecule has 0 radical (unpaired) electrons. The van der Waals surface area contributed by atoms with Crippen LogP contribution in [-0.4, -0.2) is 31.6 Å². The van der Waals surface area contributed by atoms with Gasteiger partial charge in [-0.25, -0.2) is 0 Å². The molecule has 230 valence electrons. The molecule has 6 aliphatic rings. The highest BCUT2D eigenvalue weighted by Crippen LogP contribution is 2.76. The monoisotopic (exact) mass is 566 g/mol. The van der Waals surface area contributed by atoms with Gasteiger partial charge in [-0.05, 0) is 141 Å². The number of allylic oxidation sites excluding steroid dienone is 2. The predicted molar refractivity (Wildman–Crippen MR) is 167 cm³/mol. The fourth-order valence-corrected chi connectivity index (χ4v) is 11.9. The summed E-state index contributed by atoms with van der Waals surface area (Å²) >= 11 is 0. The maximum atomic E-state index is 13.0. The molecule has 4 heteroatoms. The molecule has 1 aliphatic heterocycles. The highest BCUT2D eigenvalue weighted by atomic mass is 16.7. The Balaban J connectivity index is 0.00000132. The van der Waals surface area contributed by atoms with Gasteiger partial charge in [0.05, 0.1) is 12.5 Å². The lowest BCUT2D eigenvalue weighted by Gasteiger charge is -2.71. The standard InChI is InChI=1S/C35H52O4.C2H4.H2/c1-22(2)25-12-15-35(21-39-29-9-7-8-18-38-29)17-16-33(5)27(30(25)35)10-11-28-32(4)19-24(20-36)31(37)23(3)26(32)13-14-34(28,33)6;1-2;/h20,24-30H,1,3,7-19,21H2,2,4-6H3;1-2H2;1H/t24?,25-,26-,27+,28?,29?,30+,32-,33+,34+,35+;;/m0../s1. The highest BCUT2D eigenvalue weighted by molar-refractivity contribution is 6.05. The summed E-state index contributed by atoms with van der Waals surface area (Å²) in [5.74, 6) is 2.09. The largest absolute Gasteiger partial charge is 0.353 e. The van der Waals surface area contributed by atoms with Gasteiger partial charge in [-0.15, -0.1) is 13.2 Å². The van der Waals surface area contributed by atoms with E-state index in [1.807, 2.05) is 0 Å². The van der Waals surface area contributed by atoms with E-state index < -0.39 is 5.92 Å². The molecule has 5 aliphatic carbocycles. The molecule has 41 heavy (non-hydrogen) atoms. The second kappa shape index (κ2) is 11.2. The second-order valence-corrected chi connectivity index (χ2v) is 15.5. The van der Waals surface area contributed by atoms with Crippen LogP contribution in [-0.2, 0) is 19.1 Å². The number of ketones is 1. The van der Waals surface area contributed by atoms with Gasteiger partial charge in [-0.3, -0.25) is 4.79 Å². The van der Waals surface area contributed by atoms with E-state index in [1.165, 1.54) is 50.5 Å². The molecule has 0 aromatic heterocycles. The van der Waals surface area contributed by atoms with Crippen LogP contribution >= 0.6 is 0 Å². The van der Waals surface area contributed by atoms with Crippen molar-refractivity contribution in [3.63, 3.8) is 0 Å². The average Bonchev–Trinajstić information content (AvgIpc) is 3.36. The van der Waals surface area contributed by atoms with Crippen LogP contribution in [0.1, 0.15) is 106 Å². The Bertz CT molecular complexity index is 1060. The van der Waals surface area contributed by atoms with E-state index in [9.17, 15) is 9.59 Å². The zero-order valence-corrected chi connectivity index (χ0v) is 26.5. The molecule has 0 aromatic carbocycles. The second-order valence-electron chi connectivity index (χ2n) is 15.5. The average molecular weight is 567 g/mol. The summed E-state index contributed by atoms with van der Waals surface area (Å²) in [4.78, 5) is 25.0. The summed E-state index contributed by atoms with van der Waals surface area (Å²) in [5, 5.41) is 0. The SMILES string of the molecule is C=C.C=C(C)[C@@H]1CC[C@]2(COC3CCCCO3)CC[C@]3(C)[C@H](CCC4[C@@]5(C)CC(C=O)C(=O)C(=C)[C@@H]5CC[C@]43C)[C@@H]12.[HH]. The van der Waals surface area contributed by atoms with Crippen LogP contribution < -0.4 is 0 Å². The van der Waals surface area contributed by atoms with E-state index in [1.54, 1.807) is 0 Å². The first kappa shape index (κ1) is 30.9. The van der Waals surface area contributed by atoms with Crippen LogP contribution in [0, 0.1) is 57.2 Å². The van der Waals surface area contributed by atoms with Crippen molar-refractivity contribution in [3.8, 4) is 0 Å². The van der Waals surface area contributed by atoms with Gasteiger partial charge in [-0.1, -0.05) is 39.5 Å². The third kappa shape index (κ3) is 4.52. The topological polar surface area (TPSA) is 52.6 Å². The minimum absolute atomic E-state index is 0. The number of rotatable bonds is 5. The molecular weight excluding hydrogens is 508 g/mol. The molecule has 1 saturated heterocycles. The number of hydrogen-bond donors (Lipinski definition) is 0. The van der Waals surface area contributed by atoms with Crippen LogP contribution in [0.15, 0.2) is 37.5 Å². The van der Waals surface area contributed by atoms with Crippen molar-refractivity contribution < 1.29 is 20.5 Å². The normalized spacial score (nSPS) is 48.9. The van der Waals surface area contributed by atoms with E-state index in [2.05, 4.69) is 54.0 Å². The minimum Gasteiger partial charge on any atom is -0.353 e. The van der Waals surface area contributed by atoms with Gasteiger partial charge in [-0.2, -0.15) is 0 Å². The van der Waals surface area contributed by atoms with Gasteiger partial charge in [0.25, 0.3) is 0 Å². The lowest BCUT2D eigenvalue weighted by molar-refractivity contribution is -0.236. The molecular formula is C37H58O4. The zero-order valence-electron chi connectivity index (χ0n) is 26.5. The number of ether oxygens (including phenoxy) is 2. The first-order valence-corrected chi connectivity index (χ1v) is 16.6. The van der Waals surface area contributed by atoms with Crippen LogP contribution in [0.3, 0.4) is 0 Å². The third-order valence-corrected chi connectivity index (χ3v) is 14.1. The Labute approximate surface area is 251 Å². The van der Waals surface area contributed by atoms with E-state index in [-0.39, 0.29) is 41.1 Å². The lowest BCUT2D eigenvalue weighted by Crippen LogP contribution is -2.65. The fourth-order valence-electron chi connectivity index (χ4n) is 11.9. The Hall–Kier alpha value is -1.52. The number of aldehydes is 1. The van der Waals surface area contributed by atoms with Crippen LogP contribution in [0.5, 0.6) is 0 Å². The minimum atomic E-state index is -0.507. The molecule has 0 amide bonds. The highest BCUT2D eigenvalue weighted by Gasteiger charge is 2.70. The van der Waals surface area contributed by atoms with Crippen molar-refractivity contribution in [3.05, 3.63) is 37.5 Å². The summed E-state index contributed by atoms with van der Waals surface area (Å²) in [5.41, 5.74) is 2.72. The molecule has 5 saturated carbocycles. The van der Waals surface area contributed by atoms with Crippen molar-refractivity contribution in [1.82, 2.24) is 0 Å². The van der Waals surface area contributed by atoms with Crippen molar-refractivity contribution in [2.45, 2.75) is 111 Å². The summed E-state index contributed by atoms with van der Waals surface area (Å²) < 4.78 is 12.6. The van der Waals surface area contributed by atoms with Gasteiger partial charge in [0.1, 0.15) is 6.29 Å². The molecule has 6 fully saturated rings. The number of hydrogen-bond acceptors (Lipinski definition) is 4. The predicted octanol–water partition coefficient (Wildman–Crippen LogP) is 8.76. The first-order valence-electron chi connectivity index (χ1n) is 16.6. The van der Waals surface area contributed by atoms with Gasteiger partial charge in [0.2, 0.25) is 0 Å². The molecule has 3 unspecified atom stereocenters. The number of Topliss-reactive ketones (excluding diaryl/α,β-unsaturated/α-hetero) is 1. The van der Waals surface area contributed by atoms with Crippen molar-refractivity contribution >= 4 is 12.1 Å². The molecule has 0 aromatic rings. The summed E-state index contributed by atoms with van der Waals surface area (Å²) in [7, 11) is 0. The number of carbonyl (C=O) groups is 2. The van der Waals surface area contributed by atoms with Gasteiger partial charge >= 0.3 is 0 Å². The molecule has 0 bridgehead atoms. The molecule has 1 heterocycles. The summed E-state index contributed by atoms with van der Waals surface area (Å²) in [6.07, 6.45) is 14.6. The first-order chi connectivity index (χ1) is 19.5. The van der Waals surface area contributed by atoms with Gasteiger partial charge in [0.15, 0.2) is 12.1 Å². The quantitative estimate of drug-likeness (QED) is 0.144. The Morgan fingerprint density at radius 1 is 1.02 bits per heavy atom. The van der Waals surface area contributed by atoms with Crippen LogP contribution in [0.4, 0.5) is 0 Å². The van der Waals surface area contributed by atoms with Crippen molar-refractivity contribution in [2.24, 2.45) is 57.2 Å². The van der Waals surface area contributed by atoms with Crippen molar-refractivity contribution in [2.75, 3.05) is 13.2 Å². The number of fused-ring (bicyclic) bond motifs is 7. The third-order valence-electron chi connectivity index (χ3n) is 14.1. The van der Waals surface area contributed by atoms with Crippen molar-refractivity contribution in [1.29, 1.82) is 0 Å². The van der Waals surface area contributed by atoms with Crippen LogP contribution in [0.2, 0.25) is 0 Å². The Morgan fingerprint density at radius 3 is 2.44 bits per heavy atom. The fraction of sp³-hybridized carbons (Fsp3) is 0.784. The van der Waals surface area contributed by atoms with Gasteiger partial charge < -0.3 is 14.3 Å². The molecule has 0 spiro atoms. The molecule has 0 N–H and O–H groups in total. The maximum absolute atomic E-state index is 13.0. The van der Waals surface area contributed by atoms with E-state index >= 15 is 0 Å². The van der Waals surface area contributed by atoms with E-state index in [0.717, 1.165) is 50.8 Å². The molecule has 6 rings (SSSR count). The number of carbonyl (C=O) groups excluding carboxylic acids is 2. The Morgan fingerprint density at radius 2 is 1.78 bits per heavy atom. The smallest absolute Gasteiger partial charge is 0.168 e. The molecule has 4 nitrogen and oxygen atoms in total. The van der Waals surface area contributed by atoms with Crippen LogP contribution in [0.25, 0.3) is 0 Å². The van der Waals surface area contributed by atoms with E-state index in [0.29, 0.717) is 30.1 Å². The summed E-state index contributed by atoms with van der Waals surface area (Å²) in [6, 6.07) is 0. The summed E-state index contributed by atoms with van der Waals surface area (Å²) in [6.45, 7) is 26.4. The molecule has 11 atom stereocenters. The van der Waals surface area contributed by atoms with E-state index in [4.69, 9.17) is 9.47 Å². The van der Waals surface area contributed by atoms with Gasteiger partial charge in [0, 0.05) is 8.03 Å². The zero-order chi connectivity index (χ0) is 29.8. The Kier molecular flexibility index (Phi) is 8.44. The lowest BCUT2D eigenvalue weighted by atomic mass is 9.33. The maximum Gasteiger partial charge on any atom is 0.168 e.